The van der Waals surface area contributed by atoms with Crippen LogP contribution in [0.5, 0.6) is 0 Å². The minimum absolute atomic E-state index is 0.0721. The van der Waals surface area contributed by atoms with Crippen molar-refractivity contribution in [3.05, 3.63) is 0 Å². The molecular weight excluding hydrogens is 222 g/mol. The number of hydrogen-bond acceptors (Lipinski definition) is 4. The Morgan fingerprint density at radius 2 is 2.06 bits per heavy atom. The number of hydrogen-bond donors (Lipinski definition) is 2. The number of rotatable bonds is 3. The molecule has 6 nitrogen and oxygen atoms in total. The van der Waals surface area contributed by atoms with Crippen molar-refractivity contribution in [3.63, 3.8) is 0 Å². The lowest BCUT2D eigenvalue weighted by atomic mass is 9.98. The van der Waals surface area contributed by atoms with Crippen molar-refractivity contribution < 1.29 is 14.4 Å². The second-order valence-electron chi connectivity index (χ2n) is 4.95. The summed E-state index contributed by atoms with van der Waals surface area (Å²) < 4.78 is 0. The summed E-state index contributed by atoms with van der Waals surface area (Å²) >= 11 is 0. The third-order valence-electron chi connectivity index (χ3n) is 2.75. The van der Waals surface area contributed by atoms with Crippen molar-refractivity contribution in [3.8, 4) is 0 Å². The lowest BCUT2D eigenvalue weighted by molar-refractivity contribution is -0.155. The quantitative estimate of drug-likeness (QED) is 0.637. The van der Waals surface area contributed by atoms with Crippen LogP contribution in [-0.2, 0) is 14.4 Å². The number of nitrogens with zero attached hydrogens (tertiary/aromatic N) is 1. The first-order valence-corrected chi connectivity index (χ1v) is 5.63. The SMILES string of the molecule is CC(C)NCC(=O)N1CC(=O)NC(=O)C1(C)C. The summed E-state index contributed by atoms with van der Waals surface area (Å²) in [6.45, 7) is 7.15. The third-order valence-corrected chi connectivity index (χ3v) is 2.75. The highest BCUT2D eigenvalue weighted by Gasteiger charge is 2.43. The predicted molar refractivity (Wildman–Crippen MR) is 62.1 cm³/mol. The molecular formula is C11H19N3O3. The van der Waals surface area contributed by atoms with Gasteiger partial charge in [-0.1, -0.05) is 13.8 Å². The minimum Gasteiger partial charge on any atom is -0.318 e. The Kier molecular flexibility index (Phi) is 3.87. The molecule has 0 aliphatic carbocycles. The van der Waals surface area contributed by atoms with Crippen LogP contribution in [0.2, 0.25) is 0 Å². The molecule has 2 N–H and O–H groups in total. The van der Waals surface area contributed by atoms with Crippen LogP contribution in [0.3, 0.4) is 0 Å². The van der Waals surface area contributed by atoms with Gasteiger partial charge in [0, 0.05) is 6.04 Å². The monoisotopic (exact) mass is 241 g/mol. The van der Waals surface area contributed by atoms with Crippen LogP contribution in [0.25, 0.3) is 0 Å². The Balaban J connectivity index is 2.76. The maximum absolute atomic E-state index is 11.9. The molecule has 0 bridgehead atoms. The molecule has 1 aliphatic rings. The van der Waals surface area contributed by atoms with Crippen LogP contribution in [-0.4, -0.2) is 47.3 Å². The molecule has 0 atom stereocenters. The standard InChI is InChI=1S/C11H19N3O3/c1-7(2)12-5-9(16)14-6-8(15)13-10(17)11(14,3)4/h7,12H,5-6H2,1-4H3,(H,13,15,17). The van der Waals surface area contributed by atoms with Crippen molar-refractivity contribution in [1.82, 2.24) is 15.5 Å². The van der Waals surface area contributed by atoms with Gasteiger partial charge in [0.25, 0.3) is 5.91 Å². The second kappa shape index (κ2) is 4.83. The van der Waals surface area contributed by atoms with Crippen molar-refractivity contribution in [2.75, 3.05) is 13.1 Å². The fourth-order valence-corrected chi connectivity index (χ4v) is 1.57. The zero-order valence-corrected chi connectivity index (χ0v) is 10.7. The molecule has 0 aromatic carbocycles. The molecule has 6 heteroatoms. The van der Waals surface area contributed by atoms with E-state index in [1.165, 1.54) is 4.90 Å². The van der Waals surface area contributed by atoms with E-state index in [1.807, 2.05) is 13.8 Å². The first kappa shape index (κ1) is 13.6. The van der Waals surface area contributed by atoms with Gasteiger partial charge in [-0.15, -0.1) is 0 Å². The third kappa shape index (κ3) is 3.03. The first-order chi connectivity index (χ1) is 7.75. The molecule has 0 unspecified atom stereocenters. The normalized spacial score (nSPS) is 19.5. The highest BCUT2D eigenvalue weighted by Crippen LogP contribution is 2.17. The van der Waals surface area contributed by atoms with Crippen molar-refractivity contribution in [2.24, 2.45) is 0 Å². The fourth-order valence-electron chi connectivity index (χ4n) is 1.57. The van der Waals surface area contributed by atoms with Gasteiger partial charge in [0.2, 0.25) is 11.8 Å². The molecule has 1 rings (SSSR count). The van der Waals surface area contributed by atoms with Crippen LogP contribution in [0.15, 0.2) is 0 Å². The Hall–Kier alpha value is -1.43. The summed E-state index contributed by atoms with van der Waals surface area (Å²) in [4.78, 5) is 36.2. The largest absolute Gasteiger partial charge is 0.318 e. The van der Waals surface area contributed by atoms with E-state index in [4.69, 9.17) is 0 Å². The summed E-state index contributed by atoms with van der Waals surface area (Å²) in [5, 5.41) is 5.20. The van der Waals surface area contributed by atoms with Crippen molar-refractivity contribution in [1.29, 1.82) is 0 Å². The Morgan fingerprint density at radius 3 is 2.59 bits per heavy atom. The van der Waals surface area contributed by atoms with Crippen molar-refractivity contribution in [2.45, 2.75) is 39.3 Å². The predicted octanol–water partition coefficient (Wildman–Crippen LogP) is -0.752. The maximum atomic E-state index is 11.9. The van der Waals surface area contributed by atoms with E-state index in [0.717, 1.165) is 0 Å². The topological polar surface area (TPSA) is 78.5 Å². The van der Waals surface area contributed by atoms with Crippen LogP contribution < -0.4 is 10.6 Å². The Labute approximate surface area is 101 Å². The zero-order valence-electron chi connectivity index (χ0n) is 10.7. The van der Waals surface area contributed by atoms with Gasteiger partial charge in [-0.05, 0) is 13.8 Å². The minimum atomic E-state index is -0.982. The second-order valence-corrected chi connectivity index (χ2v) is 4.95. The van der Waals surface area contributed by atoms with E-state index in [9.17, 15) is 14.4 Å². The molecule has 1 aliphatic heterocycles. The zero-order chi connectivity index (χ0) is 13.2. The molecule has 0 aromatic rings. The van der Waals surface area contributed by atoms with Gasteiger partial charge in [0.1, 0.15) is 12.1 Å². The number of carbonyl (C=O) groups excluding carboxylic acids is 3. The van der Waals surface area contributed by atoms with E-state index < -0.39 is 17.4 Å². The molecule has 0 saturated carbocycles. The van der Waals surface area contributed by atoms with Gasteiger partial charge in [0.05, 0.1) is 6.54 Å². The molecule has 1 fully saturated rings. The number of piperazine rings is 1. The smallest absolute Gasteiger partial charge is 0.252 e. The molecule has 1 saturated heterocycles. The number of amides is 3. The fraction of sp³-hybridized carbons (Fsp3) is 0.727. The molecule has 17 heavy (non-hydrogen) atoms. The Bertz CT molecular complexity index is 350. The van der Waals surface area contributed by atoms with Gasteiger partial charge in [0.15, 0.2) is 0 Å². The molecule has 96 valence electrons. The average molecular weight is 241 g/mol. The summed E-state index contributed by atoms with van der Waals surface area (Å²) in [7, 11) is 0. The average Bonchev–Trinajstić information content (AvgIpc) is 2.20. The van der Waals surface area contributed by atoms with Crippen molar-refractivity contribution >= 4 is 17.7 Å². The lowest BCUT2D eigenvalue weighted by Gasteiger charge is -2.40. The van der Waals surface area contributed by atoms with Gasteiger partial charge in [-0.2, -0.15) is 0 Å². The van der Waals surface area contributed by atoms with E-state index in [-0.39, 0.29) is 25.0 Å². The van der Waals surface area contributed by atoms with Gasteiger partial charge >= 0.3 is 0 Å². The molecule has 1 heterocycles. The maximum Gasteiger partial charge on any atom is 0.252 e. The number of nitrogens with one attached hydrogen (secondary N) is 2. The summed E-state index contributed by atoms with van der Waals surface area (Å²) in [5.74, 6) is -1.12. The molecule has 0 aromatic heterocycles. The summed E-state index contributed by atoms with van der Waals surface area (Å²) in [6, 6.07) is 0.177. The Morgan fingerprint density at radius 1 is 1.47 bits per heavy atom. The molecule has 0 spiro atoms. The van der Waals surface area contributed by atoms with Crippen LogP contribution >= 0.6 is 0 Å². The van der Waals surface area contributed by atoms with E-state index in [2.05, 4.69) is 10.6 Å². The van der Waals surface area contributed by atoms with Crippen LogP contribution in [0, 0.1) is 0 Å². The number of carbonyl (C=O) groups is 3. The van der Waals surface area contributed by atoms with Crippen LogP contribution in [0.1, 0.15) is 27.7 Å². The van der Waals surface area contributed by atoms with Gasteiger partial charge in [-0.25, -0.2) is 0 Å². The highest BCUT2D eigenvalue weighted by atomic mass is 16.2. The van der Waals surface area contributed by atoms with E-state index in [1.54, 1.807) is 13.8 Å². The summed E-state index contributed by atoms with van der Waals surface area (Å²) in [5.41, 5.74) is -0.982. The van der Waals surface area contributed by atoms with Gasteiger partial charge in [-0.3, -0.25) is 19.7 Å². The van der Waals surface area contributed by atoms with E-state index >= 15 is 0 Å². The molecule has 3 amide bonds. The molecule has 0 radical (unpaired) electrons. The highest BCUT2D eigenvalue weighted by molar-refractivity contribution is 6.06. The first-order valence-electron chi connectivity index (χ1n) is 5.63. The van der Waals surface area contributed by atoms with Gasteiger partial charge < -0.3 is 10.2 Å². The lowest BCUT2D eigenvalue weighted by Crippen LogP contribution is -2.66. The summed E-state index contributed by atoms with van der Waals surface area (Å²) in [6.07, 6.45) is 0. The van der Waals surface area contributed by atoms with E-state index in [0.29, 0.717) is 0 Å². The van der Waals surface area contributed by atoms with Crippen LogP contribution in [0.4, 0.5) is 0 Å². The number of imide groups is 1.